The number of likely N-dealkylation sites (N-methyl/N-ethyl adjacent to an activating group) is 1. The minimum atomic E-state index is -3.85. The largest absolute Gasteiger partial charge is 0.355 e. The molecule has 0 spiro atoms. The summed E-state index contributed by atoms with van der Waals surface area (Å²) in [5.74, 6) is -0.836. The zero-order valence-electron chi connectivity index (χ0n) is 15.4. The van der Waals surface area contributed by atoms with Gasteiger partial charge in [-0.1, -0.05) is 18.2 Å². The first-order valence-electron chi connectivity index (χ1n) is 8.51. The zero-order valence-corrected chi connectivity index (χ0v) is 16.3. The van der Waals surface area contributed by atoms with Crippen LogP contribution in [0.25, 0.3) is 0 Å². The van der Waals surface area contributed by atoms with Gasteiger partial charge in [-0.25, -0.2) is 8.42 Å². The molecule has 0 bridgehead atoms. The SMILES string of the molecule is CCNC(=O)C(C)NC(=O)c1cccc(S(=O)(=O)Nc2cccc(C)c2)c1. The van der Waals surface area contributed by atoms with Crippen LogP contribution in [0.2, 0.25) is 0 Å². The van der Waals surface area contributed by atoms with Crippen LogP contribution >= 0.6 is 0 Å². The van der Waals surface area contributed by atoms with Gasteiger partial charge in [0.15, 0.2) is 0 Å². The third-order valence-electron chi connectivity index (χ3n) is 3.77. The van der Waals surface area contributed by atoms with Gasteiger partial charge >= 0.3 is 0 Å². The molecule has 1 atom stereocenters. The number of carbonyl (C=O) groups excluding carboxylic acids is 2. The Bertz CT molecular complexity index is 941. The van der Waals surface area contributed by atoms with Crippen molar-refractivity contribution in [3.8, 4) is 0 Å². The summed E-state index contributed by atoms with van der Waals surface area (Å²) in [4.78, 5) is 24.0. The van der Waals surface area contributed by atoms with Crippen LogP contribution in [0.3, 0.4) is 0 Å². The van der Waals surface area contributed by atoms with Crippen molar-refractivity contribution in [1.82, 2.24) is 10.6 Å². The molecule has 0 fully saturated rings. The van der Waals surface area contributed by atoms with Crippen molar-refractivity contribution >= 4 is 27.5 Å². The van der Waals surface area contributed by atoms with Gasteiger partial charge in [0.2, 0.25) is 5.91 Å². The molecule has 0 aliphatic heterocycles. The van der Waals surface area contributed by atoms with Gasteiger partial charge in [0.25, 0.3) is 15.9 Å². The second-order valence-electron chi connectivity index (χ2n) is 6.09. The highest BCUT2D eigenvalue weighted by atomic mass is 32.2. The number of aryl methyl sites for hydroxylation is 1. The number of benzene rings is 2. The fourth-order valence-electron chi connectivity index (χ4n) is 2.40. The van der Waals surface area contributed by atoms with Crippen LogP contribution in [0.4, 0.5) is 5.69 Å². The van der Waals surface area contributed by atoms with Gasteiger partial charge in [0.1, 0.15) is 6.04 Å². The Kier molecular flexibility index (Phi) is 6.57. The number of rotatable bonds is 7. The van der Waals surface area contributed by atoms with Crippen LogP contribution in [0.15, 0.2) is 53.4 Å². The number of nitrogens with one attached hydrogen (secondary N) is 3. The highest BCUT2D eigenvalue weighted by Gasteiger charge is 2.19. The van der Waals surface area contributed by atoms with Crippen LogP contribution in [0.5, 0.6) is 0 Å². The lowest BCUT2D eigenvalue weighted by Crippen LogP contribution is -2.44. The average Bonchev–Trinajstić information content (AvgIpc) is 2.61. The van der Waals surface area contributed by atoms with Gasteiger partial charge in [-0.15, -0.1) is 0 Å². The van der Waals surface area contributed by atoms with Crippen molar-refractivity contribution < 1.29 is 18.0 Å². The average molecular weight is 389 g/mol. The molecule has 0 saturated carbocycles. The molecule has 3 N–H and O–H groups in total. The minimum absolute atomic E-state index is 0.0395. The third kappa shape index (κ3) is 5.55. The van der Waals surface area contributed by atoms with E-state index in [1.54, 1.807) is 32.0 Å². The Balaban J connectivity index is 2.18. The lowest BCUT2D eigenvalue weighted by Gasteiger charge is -2.14. The van der Waals surface area contributed by atoms with E-state index in [0.29, 0.717) is 12.2 Å². The van der Waals surface area contributed by atoms with E-state index in [-0.39, 0.29) is 16.4 Å². The van der Waals surface area contributed by atoms with Gasteiger partial charge in [0.05, 0.1) is 4.90 Å². The fraction of sp³-hybridized carbons (Fsp3) is 0.263. The summed E-state index contributed by atoms with van der Waals surface area (Å²) in [6, 6.07) is 11.9. The maximum Gasteiger partial charge on any atom is 0.261 e. The van der Waals surface area contributed by atoms with Crippen LogP contribution in [-0.2, 0) is 14.8 Å². The summed E-state index contributed by atoms with van der Waals surface area (Å²) in [6.07, 6.45) is 0. The van der Waals surface area contributed by atoms with E-state index in [1.807, 2.05) is 13.0 Å². The van der Waals surface area contributed by atoms with Crippen molar-refractivity contribution in [2.24, 2.45) is 0 Å². The molecule has 2 aromatic carbocycles. The molecule has 0 aliphatic carbocycles. The Morgan fingerprint density at radius 2 is 1.78 bits per heavy atom. The number of hydrogen-bond donors (Lipinski definition) is 3. The van der Waals surface area contributed by atoms with Gasteiger partial charge < -0.3 is 10.6 Å². The molecule has 1 unspecified atom stereocenters. The number of carbonyl (C=O) groups is 2. The smallest absolute Gasteiger partial charge is 0.261 e. The van der Waals surface area contributed by atoms with Crippen molar-refractivity contribution in [2.75, 3.05) is 11.3 Å². The predicted octanol–water partition coefficient (Wildman–Crippen LogP) is 2.05. The predicted molar refractivity (Wildman–Crippen MR) is 104 cm³/mol. The molecule has 2 rings (SSSR count). The molecule has 0 radical (unpaired) electrons. The third-order valence-corrected chi connectivity index (χ3v) is 5.15. The summed E-state index contributed by atoms with van der Waals surface area (Å²) in [6.45, 7) is 5.65. The number of sulfonamides is 1. The van der Waals surface area contributed by atoms with E-state index in [0.717, 1.165) is 5.56 Å². The normalized spacial score (nSPS) is 12.1. The van der Waals surface area contributed by atoms with E-state index in [4.69, 9.17) is 0 Å². The summed E-state index contributed by atoms with van der Waals surface area (Å²) in [7, 11) is -3.85. The summed E-state index contributed by atoms with van der Waals surface area (Å²) in [5, 5.41) is 5.16. The van der Waals surface area contributed by atoms with E-state index in [2.05, 4.69) is 15.4 Å². The maximum absolute atomic E-state index is 12.6. The molecule has 0 heterocycles. The van der Waals surface area contributed by atoms with Crippen LogP contribution in [0.1, 0.15) is 29.8 Å². The van der Waals surface area contributed by atoms with Gasteiger partial charge in [-0.2, -0.15) is 0 Å². The van der Waals surface area contributed by atoms with Crippen molar-refractivity contribution in [1.29, 1.82) is 0 Å². The van der Waals surface area contributed by atoms with E-state index in [1.165, 1.54) is 24.3 Å². The highest BCUT2D eigenvalue weighted by Crippen LogP contribution is 2.18. The second kappa shape index (κ2) is 8.68. The standard InChI is InChI=1S/C19H23N3O4S/c1-4-20-18(23)14(3)21-19(24)15-8-6-10-17(12-15)27(25,26)22-16-9-5-7-13(2)11-16/h5-12,14,22H,4H2,1-3H3,(H,20,23)(H,21,24). The topological polar surface area (TPSA) is 104 Å². The monoisotopic (exact) mass is 389 g/mol. The molecule has 0 saturated heterocycles. The Hall–Kier alpha value is -2.87. The highest BCUT2D eigenvalue weighted by molar-refractivity contribution is 7.92. The first-order chi connectivity index (χ1) is 12.7. The van der Waals surface area contributed by atoms with Gasteiger partial charge in [0, 0.05) is 17.8 Å². The Labute approximate surface area is 159 Å². The van der Waals surface area contributed by atoms with Gasteiger partial charge in [-0.3, -0.25) is 14.3 Å². The first kappa shape index (κ1) is 20.4. The minimum Gasteiger partial charge on any atom is -0.355 e. The van der Waals surface area contributed by atoms with Crippen LogP contribution in [0, 0.1) is 6.92 Å². The van der Waals surface area contributed by atoms with Crippen molar-refractivity contribution in [3.05, 3.63) is 59.7 Å². The van der Waals surface area contributed by atoms with Gasteiger partial charge in [-0.05, 0) is 56.7 Å². The number of anilines is 1. The lowest BCUT2D eigenvalue weighted by atomic mass is 10.2. The first-order valence-corrected chi connectivity index (χ1v) is 9.99. The van der Waals surface area contributed by atoms with E-state index >= 15 is 0 Å². The summed E-state index contributed by atoms with van der Waals surface area (Å²) in [5.41, 5.74) is 1.51. The number of amides is 2. The molecular formula is C19H23N3O4S. The zero-order chi connectivity index (χ0) is 20.0. The summed E-state index contributed by atoms with van der Waals surface area (Å²) < 4.78 is 27.7. The van der Waals surface area contributed by atoms with E-state index < -0.39 is 22.0 Å². The quantitative estimate of drug-likeness (QED) is 0.674. The summed E-state index contributed by atoms with van der Waals surface area (Å²) >= 11 is 0. The maximum atomic E-state index is 12.6. The number of hydrogen-bond acceptors (Lipinski definition) is 4. The van der Waals surface area contributed by atoms with Crippen molar-refractivity contribution in [3.63, 3.8) is 0 Å². The van der Waals surface area contributed by atoms with E-state index in [9.17, 15) is 18.0 Å². The molecular weight excluding hydrogens is 366 g/mol. The molecule has 0 aliphatic rings. The molecule has 2 aromatic rings. The second-order valence-corrected chi connectivity index (χ2v) is 7.77. The van der Waals surface area contributed by atoms with Crippen LogP contribution < -0.4 is 15.4 Å². The van der Waals surface area contributed by atoms with Crippen LogP contribution in [-0.4, -0.2) is 32.8 Å². The molecule has 27 heavy (non-hydrogen) atoms. The molecule has 7 nitrogen and oxygen atoms in total. The molecule has 144 valence electrons. The molecule has 2 amide bonds. The molecule has 8 heteroatoms. The fourth-order valence-corrected chi connectivity index (χ4v) is 3.49. The lowest BCUT2D eigenvalue weighted by molar-refractivity contribution is -0.122. The molecule has 0 aromatic heterocycles. The van der Waals surface area contributed by atoms with Crippen molar-refractivity contribution in [2.45, 2.75) is 31.7 Å². The Morgan fingerprint density at radius 1 is 1.07 bits per heavy atom. The Morgan fingerprint density at radius 3 is 2.44 bits per heavy atom.